The molecule has 3 nitrogen and oxygen atoms in total. The number of benzene rings is 1. The SMILES string of the molecule is CCCCC(Nc1ccccc1I)C(=O)OC. The van der Waals surface area contributed by atoms with Crippen LogP contribution < -0.4 is 5.32 Å². The van der Waals surface area contributed by atoms with E-state index in [-0.39, 0.29) is 12.0 Å². The molecule has 0 aliphatic carbocycles. The number of unbranched alkanes of at least 4 members (excludes halogenated alkanes) is 1. The molecule has 1 aromatic rings. The summed E-state index contributed by atoms with van der Waals surface area (Å²) in [6.07, 6.45) is 2.88. The molecule has 4 heteroatoms. The van der Waals surface area contributed by atoms with E-state index in [1.807, 2.05) is 24.3 Å². The van der Waals surface area contributed by atoms with Gasteiger partial charge in [0.15, 0.2) is 0 Å². The highest BCUT2D eigenvalue weighted by Crippen LogP contribution is 2.19. The third-order valence-corrected chi connectivity index (χ3v) is 3.48. The fourth-order valence-corrected chi connectivity index (χ4v) is 2.11. The predicted molar refractivity (Wildman–Crippen MR) is 78.1 cm³/mol. The van der Waals surface area contributed by atoms with Crippen molar-refractivity contribution in [1.82, 2.24) is 0 Å². The number of carbonyl (C=O) groups is 1. The zero-order valence-corrected chi connectivity index (χ0v) is 12.4. The summed E-state index contributed by atoms with van der Waals surface area (Å²) in [6, 6.07) is 7.67. The number of methoxy groups -OCH3 is 1. The molecule has 0 saturated carbocycles. The Bertz CT molecular complexity index is 368. The molecule has 0 aliphatic rings. The van der Waals surface area contributed by atoms with Gasteiger partial charge in [-0.2, -0.15) is 0 Å². The number of anilines is 1. The van der Waals surface area contributed by atoms with Gasteiger partial charge in [0.1, 0.15) is 6.04 Å². The Labute approximate surface area is 116 Å². The van der Waals surface area contributed by atoms with Gasteiger partial charge in [-0.15, -0.1) is 0 Å². The van der Waals surface area contributed by atoms with Gasteiger partial charge in [0.05, 0.1) is 7.11 Å². The highest BCUT2D eigenvalue weighted by atomic mass is 127. The molecule has 0 bridgehead atoms. The quantitative estimate of drug-likeness (QED) is 0.633. The minimum absolute atomic E-state index is 0.196. The van der Waals surface area contributed by atoms with Gasteiger partial charge >= 0.3 is 5.97 Å². The number of ether oxygens (including phenoxy) is 1. The van der Waals surface area contributed by atoms with E-state index >= 15 is 0 Å². The van der Waals surface area contributed by atoms with Crippen LogP contribution in [-0.4, -0.2) is 19.1 Å². The van der Waals surface area contributed by atoms with Crippen LogP contribution in [0.25, 0.3) is 0 Å². The maximum Gasteiger partial charge on any atom is 0.328 e. The molecule has 1 N–H and O–H groups in total. The van der Waals surface area contributed by atoms with Gasteiger partial charge in [-0.05, 0) is 41.1 Å². The van der Waals surface area contributed by atoms with E-state index in [1.54, 1.807) is 0 Å². The van der Waals surface area contributed by atoms with E-state index in [9.17, 15) is 4.79 Å². The topological polar surface area (TPSA) is 38.3 Å². The highest BCUT2D eigenvalue weighted by Gasteiger charge is 2.18. The first kappa shape index (κ1) is 14.3. The largest absolute Gasteiger partial charge is 0.467 e. The number of esters is 1. The van der Waals surface area contributed by atoms with Crippen molar-refractivity contribution in [1.29, 1.82) is 0 Å². The second-order valence-electron chi connectivity index (χ2n) is 3.84. The molecule has 0 amide bonds. The second kappa shape index (κ2) is 7.53. The molecule has 0 saturated heterocycles. The van der Waals surface area contributed by atoms with E-state index in [4.69, 9.17) is 4.74 Å². The molecule has 0 aliphatic heterocycles. The summed E-state index contributed by atoms with van der Waals surface area (Å²) >= 11 is 2.25. The smallest absolute Gasteiger partial charge is 0.328 e. The van der Waals surface area contributed by atoms with Crippen molar-refractivity contribution in [3.05, 3.63) is 27.8 Å². The summed E-state index contributed by atoms with van der Waals surface area (Å²) in [5, 5.41) is 3.25. The van der Waals surface area contributed by atoms with Crippen molar-refractivity contribution in [2.75, 3.05) is 12.4 Å². The van der Waals surface area contributed by atoms with Crippen LogP contribution in [-0.2, 0) is 9.53 Å². The molecule has 94 valence electrons. The molecule has 1 aromatic carbocycles. The van der Waals surface area contributed by atoms with Crippen LogP contribution in [0.4, 0.5) is 5.69 Å². The molecule has 0 aromatic heterocycles. The van der Waals surface area contributed by atoms with Crippen molar-refractivity contribution in [3.8, 4) is 0 Å². The molecule has 17 heavy (non-hydrogen) atoms. The number of para-hydroxylation sites is 1. The summed E-state index contributed by atoms with van der Waals surface area (Å²) in [6.45, 7) is 2.11. The lowest BCUT2D eigenvalue weighted by Crippen LogP contribution is -2.30. The Morgan fingerprint density at radius 1 is 1.47 bits per heavy atom. The van der Waals surface area contributed by atoms with Crippen LogP contribution in [0.5, 0.6) is 0 Å². The average Bonchev–Trinajstić information content (AvgIpc) is 2.35. The van der Waals surface area contributed by atoms with Gasteiger partial charge in [-0.25, -0.2) is 4.79 Å². The normalized spacial score (nSPS) is 11.9. The lowest BCUT2D eigenvalue weighted by atomic mass is 10.1. The Kier molecular flexibility index (Phi) is 6.32. The van der Waals surface area contributed by atoms with E-state index in [2.05, 4.69) is 34.8 Å². The molecule has 0 spiro atoms. The molecule has 0 heterocycles. The van der Waals surface area contributed by atoms with Crippen LogP contribution in [0, 0.1) is 3.57 Å². The molecule has 0 radical (unpaired) electrons. The zero-order valence-electron chi connectivity index (χ0n) is 10.2. The molecular formula is C13H18INO2. The van der Waals surface area contributed by atoms with Crippen LogP contribution in [0.1, 0.15) is 26.2 Å². The summed E-state index contributed by atoms with van der Waals surface area (Å²) in [5.74, 6) is -0.196. The first-order valence-corrected chi connectivity index (χ1v) is 6.85. The lowest BCUT2D eigenvalue weighted by Gasteiger charge is -2.18. The Hall–Kier alpha value is -0.780. The maximum atomic E-state index is 11.6. The lowest BCUT2D eigenvalue weighted by molar-refractivity contribution is -0.141. The number of rotatable bonds is 6. The number of hydrogen-bond donors (Lipinski definition) is 1. The van der Waals surface area contributed by atoms with E-state index in [0.717, 1.165) is 28.5 Å². The third kappa shape index (κ3) is 4.53. The highest BCUT2D eigenvalue weighted by molar-refractivity contribution is 14.1. The van der Waals surface area contributed by atoms with Gasteiger partial charge in [0.25, 0.3) is 0 Å². The molecule has 1 rings (SSSR count). The number of hydrogen-bond acceptors (Lipinski definition) is 3. The predicted octanol–water partition coefficient (Wildman–Crippen LogP) is 3.43. The van der Waals surface area contributed by atoms with E-state index in [0.29, 0.717) is 0 Å². The number of carbonyl (C=O) groups excluding carboxylic acids is 1. The number of halogens is 1. The summed E-state index contributed by atoms with van der Waals surface area (Å²) < 4.78 is 5.92. The monoisotopic (exact) mass is 347 g/mol. The molecule has 1 atom stereocenters. The number of nitrogens with one attached hydrogen (secondary N) is 1. The minimum atomic E-state index is -0.254. The van der Waals surface area contributed by atoms with Gasteiger partial charge < -0.3 is 10.1 Å². The first-order chi connectivity index (χ1) is 8.19. The van der Waals surface area contributed by atoms with Gasteiger partial charge in [-0.1, -0.05) is 31.9 Å². The van der Waals surface area contributed by atoms with Crippen LogP contribution >= 0.6 is 22.6 Å². The maximum absolute atomic E-state index is 11.6. The van der Waals surface area contributed by atoms with E-state index in [1.165, 1.54) is 7.11 Å². The van der Waals surface area contributed by atoms with Crippen LogP contribution in [0.2, 0.25) is 0 Å². The van der Waals surface area contributed by atoms with Crippen molar-refractivity contribution >= 4 is 34.2 Å². The first-order valence-electron chi connectivity index (χ1n) is 5.78. The standard InChI is InChI=1S/C13H18INO2/c1-3-4-8-12(13(16)17-2)15-11-9-6-5-7-10(11)14/h5-7,9,12,15H,3-4,8H2,1-2H3. The van der Waals surface area contributed by atoms with Gasteiger partial charge in [0.2, 0.25) is 0 Å². The van der Waals surface area contributed by atoms with Crippen LogP contribution in [0.3, 0.4) is 0 Å². The fraction of sp³-hybridized carbons (Fsp3) is 0.462. The van der Waals surface area contributed by atoms with Crippen molar-refractivity contribution in [2.24, 2.45) is 0 Å². The van der Waals surface area contributed by atoms with Crippen molar-refractivity contribution in [2.45, 2.75) is 32.2 Å². The summed E-state index contributed by atoms with van der Waals surface area (Å²) in [5.41, 5.74) is 0.986. The van der Waals surface area contributed by atoms with Crippen molar-refractivity contribution < 1.29 is 9.53 Å². The average molecular weight is 347 g/mol. The van der Waals surface area contributed by atoms with Crippen LogP contribution in [0.15, 0.2) is 24.3 Å². The molecule has 1 unspecified atom stereocenters. The Morgan fingerprint density at radius 3 is 2.76 bits per heavy atom. The molecular weight excluding hydrogens is 329 g/mol. The molecule has 0 fully saturated rings. The van der Waals surface area contributed by atoms with E-state index < -0.39 is 0 Å². The fourth-order valence-electron chi connectivity index (χ4n) is 1.57. The second-order valence-corrected chi connectivity index (χ2v) is 5.00. The summed E-state index contributed by atoms with van der Waals surface area (Å²) in [7, 11) is 1.43. The zero-order chi connectivity index (χ0) is 12.7. The minimum Gasteiger partial charge on any atom is -0.467 e. The van der Waals surface area contributed by atoms with Crippen molar-refractivity contribution in [3.63, 3.8) is 0 Å². The Morgan fingerprint density at radius 2 is 2.18 bits per heavy atom. The third-order valence-electron chi connectivity index (χ3n) is 2.54. The van der Waals surface area contributed by atoms with Gasteiger partial charge in [-0.3, -0.25) is 0 Å². The van der Waals surface area contributed by atoms with Gasteiger partial charge in [0, 0.05) is 9.26 Å². The Balaban J connectivity index is 2.72. The summed E-state index contributed by atoms with van der Waals surface area (Å²) in [4.78, 5) is 11.6.